The van der Waals surface area contributed by atoms with Crippen LogP contribution >= 0.6 is 0 Å². The molecule has 0 aromatic heterocycles. The van der Waals surface area contributed by atoms with Crippen LogP contribution in [0.1, 0.15) is 85.0 Å². The van der Waals surface area contributed by atoms with Crippen molar-refractivity contribution in [3.8, 4) is 0 Å². The van der Waals surface area contributed by atoms with Crippen molar-refractivity contribution in [3.05, 3.63) is 0 Å². The zero-order valence-electron chi connectivity index (χ0n) is 17.9. The highest BCUT2D eigenvalue weighted by Crippen LogP contribution is 2.68. The van der Waals surface area contributed by atoms with Crippen LogP contribution in [-0.2, 0) is 4.79 Å². The lowest BCUT2D eigenvalue weighted by Crippen LogP contribution is -2.58. The summed E-state index contributed by atoms with van der Waals surface area (Å²) in [6, 6.07) is 0. The van der Waals surface area contributed by atoms with Crippen molar-refractivity contribution in [2.45, 2.75) is 97.2 Å². The summed E-state index contributed by atoms with van der Waals surface area (Å²) in [6.07, 6.45) is 9.19. The quantitative estimate of drug-likeness (QED) is 0.659. The minimum Gasteiger partial charge on any atom is -0.481 e. The topological polar surface area (TPSA) is 77.8 Å². The average Bonchev–Trinajstić information content (AvgIpc) is 2.98. The number of hydrogen-bond donors (Lipinski definition) is 3. The van der Waals surface area contributed by atoms with Crippen LogP contribution < -0.4 is 0 Å². The molecule has 4 nitrogen and oxygen atoms in total. The number of rotatable bonds is 4. The number of fused-ring (bicyclic) bond motifs is 5. The Morgan fingerprint density at radius 3 is 2.39 bits per heavy atom. The number of aliphatic hydroxyl groups excluding tert-OH is 2. The van der Waals surface area contributed by atoms with Gasteiger partial charge in [0.1, 0.15) is 0 Å². The molecule has 4 saturated carbocycles. The SMILES string of the molecule is CC(CCC(=O)O)C1CCC2C3C(O)C[C@@H]4CC(O)CC[C@]4(C)C3CC[C@]12C. The van der Waals surface area contributed by atoms with Gasteiger partial charge in [0, 0.05) is 6.42 Å². The van der Waals surface area contributed by atoms with E-state index in [1.165, 1.54) is 25.7 Å². The predicted molar refractivity (Wildman–Crippen MR) is 109 cm³/mol. The Labute approximate surface area is 170 Å². The second-order valence-electron chi connectivity index (χ2n) is 11.4. The minimum atomic E-state index is -0.684. The van der Waals surface area contributed by atoms with E-state index in [-0.39, 0.29) is 29.5 Å². The number of aliphatic carboxylic acids is 1. The summed E-state index contributed by atoms with van der Waals surface area (Å²) >= 11 is 0. The molecule has 0 aliphatic heterocycles. The van der Waals surface area contributed by atoms with Gasteiger partial charge in [0.15, 0.2) is 0 Å². The van der Waals surface area contributed by atoms with Gasteiger partial charge in [-0.1, -0.05) is 20.8 Å². The fourth-order valence-corrected chi connectivity index (χ4v) is 8.73. The molecular formula is C24H40O4. The Morgan fingerprint density at radius 2 is 1.68 bits per heavy atom. The van der Waals surface area contributed by atoms with Gasteiger partial charge >= 0.3 is 5.97 Å². The molecule has 0 bridgehead atoms. The first-order chi connectivity index (χ1) is 13.2. The third-order valence-corrected chi connectivity index (χ3v) is 10.2. The van der Waals surface area contributed by atoms with E-state index in [4.69, 9.17) is 5.11 Å². The lowest BCUT2D eigenvalue weighted by atomic mass is 9.43. The van der Waals surface area contributed by atoms with Gasteiger partial charge in [-0.3, -0.25) is 4.79 Å². The first-order valence-corrected chi connectivity index (χ1v) is 11.7. The highest BCUT2D eigenvalue weighted by atomic mass is 16.4. The zero-order chi connectivity index (χ0) is 20.3. The van der Waals surface area contributed by atoms with E-state index in [0.29, 0.717) is 35.5 Å². The van der Waals surface area contributed by atoms with Gasteiger partial charge in [0.2, 0.25) is 0 Å². The van der Waals surface area contributed by atoms with E-state index in [1.807, 2.05) is 0 Å². The van der Waals surface area contributed by atoms with Gasteiger partial charge in [-0.05, 0) is 104 Å². The smallest absolute Gasteiger partial charge is 0.303 e. The Bertz CT molecular complexity index is 605. The van der Waals surface area contributed by atoms with Crippen LogP contribution in [0.5, 0.6) is 0 Å². The number of carbonyl (C=O) groups is 1. The molecular weight excluding hydrogens is 352 g/mol. The second kappa shape index (κ2) is 7.27. The lowest BCUT2D eigenvalue weighted by molar-refractivity contribution is -0.174. The van der Waals surface area contributed by atoms with E-state index < -0.39 is 5.97 Å². The molecule has 28 heavy (non-hydrogen) atoms. The van der Waals surface area contributed by atoms with Crippen LogP contribution in [0.3, 0.4) is 0 Å². The van der Waals surface area contributed by atoms with E-state index >= 15 is 0 Å². The van der Waals surface area contributed by atoms with E-state index in [0.717, 1.165) is 32.1 Å². The van der Waals surface area contributed by atoms with Gasteiger partial charge in [-0.25, -0.2) is 0 Å². The molecule has 0 heterocycles. The van der Waals surface area contributed by atoms with Crippen molar-refractivity contribution in [3.63, 3.8) is 0 Å². The molecule has 0 aromatic rings. The number of hydrogen-bond acceptors (Lipinski definition) is 3. The molecule has 0 saturated heterocycles. The second-order valence-corrected chi connectivity index (χ2v) is 11.4. The van der Waals surface area contributed by atoms with Crippen LogP contribution in [0.4, 0.5) is 0 Å². The van der Waals surface area contributed by atoms with Crippen molar-refractivity contribution in [2.24, 2.45) is 46.3 Å². The van der Waals surface area contributed by atoms with E-state index in [9.17, 15) is 15.0 Å². The van der Waals surface area contributed by atoms with E-state index in [1.54, 1.807) is 0 Å². The maximum Gasteiger partial charge on any atom is 0.303 e. The Balaban J connectivity index is 1.55. The zero-order valence-corrected chi connectivity index (χ0v) is 17.9. The number of carboxylic acid groups (broad SMARTS) is 1. The van der Waals surface area contributed by atoms with Crippen molar-refractivity contribution in [2.75, 3.05) is 0 Å². The minimum absolute atomic E-state index is 0.179. The van der Waals surface area contributed by atoms with Gasteiger partial charge in [0.25, 0.3) is 0 Å². The first kappa shape index (κ1) is 20.7. The van der Waals surface area contributed by atoms with Gasteiger partial charge < -0.3 is 15.3 Å². The van der Waals surface area contributed by atoms with Crippen LogP contribution in [0.25, 0.3) is 0 Å². The van der Waals surface area contributed by atoms with Crippen molar-refractivity contribution < 1.29 is 20.1 Å². The van der Waals surface area contributed by atoms with Gasteiger partial charge in [-0.2, -0.15) is 0 Å². The maximum atomic E-state index is 11.2. The summed E-state index contributed by atoms with van der Waals surface area (Å²) in [5, 5.41) is 30.5. The predicted octanol–water partition coefficient (Wildman–Crippen LogP) is 4.48. The summed E-state index contributed by atoms with van der Waals surface area (Å²) in [4.78, 5) is 11.1. The number of carboxylic acids is 1. The Morgan fingerprint density at radius 1 is 1.00 bits per heavy atom. The van der Waals surface area contributed by atoms with Crippen molar-refractivity contribution >= 4 is 5.97 Å². The molecule has 0 aromatic carbocycles. The molecule has 4 aliphatic rings. The molecule has 4 aliphatic carbocycles. The molecule has 0 radical (unpaired) electrons. The lowest BCUT2D eigenvalue weighted by Gasteiger charge is -2.62. The fraction of sp³-hybridized carbons (Fsp3) is 0.958. The first-order valence-electron chi connectivity index (χ1n) is 11.7. The third-order valence-electron chi connectivity index (χ3n) is 10.2. The summed E-state index contributed by atoms with van der Waals surface area (Å²) in [6.45, 7) is 7.16. The Kier molecular flexibility index (Phi) is 5.36. The standard InChI is InChI=1S/C24H40O4/c1-14(4-7-21(27)28)17-5-6-18-22-19(9-11-24(17,18)3)23(2)10-8-16(25)12-15(23)13-20(22)26/h14-20,22,25-26H,4-13H2,1-3H3,(H,27,28)/t14?,15-,16?,17?,18?,19?,20?,22?,23-,24+/m0/s1. The molecule has 4 fully saturated rings. The largest absolute Gasteiger partial charge is 0.481 e. The maximum absolute atomic E-state index is 11.2. The fourth-order valence-electron chi connectivity index (χ4n) is 8.73. The molecule has 4 heteroatoms. The molecule has 160 valence electrons. The summed E-state index contributed by atoms with van der Waals surface area (Å²) < 4.78 is 0. The molecule has 4 rings (SSSR count). The molecule has 10 atom stereocenters. The summed E-state index contributed by atoms with van der Waals surface area (Å²) in [7, 11) is 0. The highest BCUT2D eigenvalue weighted by molar-refractivity contribution is 5.66. The highest BCUT2D eigenvalue weighted by Gasteiger charge is 2.62. The third kappa shape index (κ3) is 3.14. The van der Waals surface area contributed by atoms with Crippen molar-refractivity contribution in [1.82, 2.24) is 0 Å². The molecule has 7 unspecified atom stereocenters. The average molecular weight is 393 g/mol. The van der Waals surface area contributed by atoms with Crippen LogP contribution in [0.2, 0.25) is 0 Å². The molecule has 0 amide bonds. The van der Waals surface area contributed by atoms with E-state index in [2.05, 4.69) is 20.8 Å². The molecule has 3 N–H and O–H groups in total. The van der Waals surface area contributed by atoms with Crippen LogP contribution in [0, 0.1) is 46.3 Å². The van der Waals surface area contributed by atoms with Crippen LogP contribution in [-0.4, -0.2) is 33.5 Å². The molecule has 0 spiro atoms. The summed E-state index contributed by atoms with van der Waals surface area (Å²) in [5.74, 6) is 2.36. The van der Waals surface area contributed by atoms with Crippen LogP contribution in [0.15, 0.2) is 0 Å². The van der Waals surface area contributed by atoms with Gasteiger partial charge in [-0.15, -0.1) is 0 Å². The summed E-state index contributed by atoms with van der Waals surface area (Å²) in [5.41, 5.74) is 0.523. The van der Waals surface area contributed by atoms with Crippen molar-refractivity contribution in [1.29, 1.82) is 0 Å². The number of aliphatic hydroxyl groups is 2. The normalized spacial score (nSPS) is 51.7. The Hall–Kier alpha value is -0.610. The van der Waals surface area contributed by atoms with Gasteiger partial charge in [0.05, 0.1) is 12.2 Å². The monoisotopic (exact) mass is 392 g/mol.